The van der Waals surface area contributed by atoms with E-state index in [1.54, 1.807) is 18.2 Å². The van der Waals surface area contributed by atoms with Gasteiger partial charge in [0.1, 0.15) is 11.9 Å². The van der Waals surface area contributed by atoms with Crippen LogP contribution in [0.1, 0.15) is 16.7 Å². The van der Waals surface area contributed by atoms with Crippen molar-refractivity contribution in [1.82, 2.24) is 5.32 Å². The second-order valence-electron chi connectivity index (χ2n) is 6.64. The summed E-state index contributed by atoms with van der Waals surface area (Å²) in [6.07, 6.45) is 0.403. The molecule has 29 heavy (non-hydrogen) atoms. The summed E-state index contributed by atoms with van der Waals surface area (Å²) in [7, 11) is 1.35. The zero-order valence-electron chi connectivity index (χ0n) is 16.1. The van der Waals surface area contributed by atoms with Gasteiger partial charge >= 0.3 is 5.97 Å². The van der Waals surface area contributed by atoms with E-state index in [4.69, 9.17) is 4.74 Å². The molecule has 3 rings (SSSR count). The van der Waals surface area contributed by atoms with Crippen molar-refractivity contribution in [1.29, 1.82) is 5.26 Å². The van der Waals surface area contributed by atoms with Crippen LogP contribution in [0, 0.1) is 17.1 Å². The van der Waals surface area contributed by atoms with Crippen molar-refractivity contribution in [3.05, 3.63) is 95.3 Å². The topological polar surface area (TPSA) is 62.1 Å². The molecule has 0 aliphatic heterocycles. The highest BCUT2D eigenvalue weighted by atomic mass is 19.1. The summed E-state index contributed by atoms with van der Waals surface area (Å²) < 4.78 is 18.0. The third-order valence-corrected chi connectivity index (χ3v) is 4.70. The molecule has 0 unspecified atom stereocenters. The highest BCUT2D eigenvalue weighted by Crippen LogP contribution is 2.23. The normalized spacial score (nSPS) is 11.5. The van der Waals surface area contributed by atoms with Crippen molar-refractivity contribution in [3.63, 3.8) is 0 Å². The lowest BCUT2D eigenvalue weighted by Crippen LogP contribution is -2.39. The number of halogens is 1. The van der Waals surface area contributed by atoms with Gasteiger partial charge in [-0.3, -0.25) is 4.79 Å². The smallest absolute Gasteiger partial charge is 0.323 e. The third kappa shape index (κ3) is 5.28. The number of ether oxygens (including phenoxy) is 1. The maximum absolute atomic E-state index is 13.1. The third-order valence-electron chi connectivity index (χ3n) is 4.70. The van der Waals surface area contributed by atoms with E-state index in [2.05, 4.69) is 11.4 Å². The molecule has 0 saturated carbocycles. The number of methoxy groups -OCH3 is 1. The largest absolute Gasteiger partial charge is 0.468 e. The zero-order chi connectivity index (χ0) is 20.6. The molecule has 1 N–H and O–H groups in total. The number of hydrogen-bond acceptors (Lipinski definition) is 4. The van der Waals surface area contributed by atoms with Gasteiger partial charge in [0.05, 0.1) is 18.7 Å². The Balaban J connectivity index is 1.68. The van der Waals surface area contributed by atoms with Crippen molar-refractivity contribution in [2.24, 2.45) is 0 Å². The fraction of sp³-hybridized carbons (Fsp3) is 0.167. The lowest BCUT2D eigenvalue weighted by Gasteiger charge is -2.17. The summed E-state index contributed by atoms with van der Waals surface area (Å²) in [5, 5.41) is 12.5. The standard InChI is InChI=1S/C24H21FN2O2/c1-29-24(28)23(14-17-8-12-21(25)13-9-17)27-16-18-6-10-19(11-7-18)22-5-3-2-4-20(22)15-26/h2-13,23,27H,14,16H2,1H3/t23-/m0/s1. The molecule has 0 fully saturated rings. The van der Waals surface area contributed by atoms with E-state index >= 15 is 0 Å². The Morgan fingerprint density at radius 1 is 1.03 bits per heavy atom. The first-order chi connectivity index (χ1) is 14.1. The van der Waals surface area contributed by atoms with Gasteiger partial charge < -0.3 is 10.1 Å². The second-order valence-corrected chi connectivity index (χ2v) is 6.64. The van der Waals surface area contributed by atoms with Crippen LogP contribution in [0.2, 0.25) is 0 Å². The van der Waals surface area contributed by atoms with Crippen LogP contribution in [-0.4, -0.2) is 19.1 Å². The van der Waals surface area contributed by atoms with Gasteiger partial charge in [0.15, 0.2) is 0 Å². The number of benzene rings is 3. The van der Waals surface area contributed by atoms with Gasteiger partial charge in [0.25, 0.3) is 0 Å². The monoisotopic (exact) mass is 388 g/mol. The summed E-state index contributed by atoms with van der Waals surface area (Å²) in [6.45, 7) is 0.473. The predicted octanol–water partition coefficient (Wildman–Crippen LogP) is 4.24. The summed E-state index contributed by atoms with van der Waals surface area (Å²) >= 11 is 0. The van der Waals surface area contributed by atoms with Crippen LogP contribution in [0.4, 0.5) is 4.39 Å². The molecule has 3 aromatic carbocycles. The van der Waals surface area contributed by atoms with Crippen molar-refractivity contribution in [2.75, 3.05) is 7.11 Å². The van der Waals surface area contributed by atoms with Gasteiger partial charge in [0, 0.05) is 6.54 Å². The minimum Gasteiger partial charge on any atom is -0.468 e. The molecule has 5 heteroatoms. The van der Waals surface area contributed by atoms with Gasteiger partial charge in [-0.1, -0.05) is 54.6 Å². The Morgan fingerprint density at radius 3 is 2.34 bits per heavy atom. The molecule has 0 spiro atoms. The number of rotatable bonds is 7. The number of nitriles is 1. The Labute approximate surface area is 169 Å². The van der Waals surface area contributed by atoms with E-state index < -0.39 is 6.04 Å². The zero-order valence-corrected chi connectivity index (χ0v) is 16.1. The molecule has 146 valence electrons. The SMILES string of the molecule is COC(=O)[C@H](Cc1ccc(F)cc1)NCc1ccc(-c2ccccc2C#N)cc1. The minimum absolute atomic E-state index is 0.311. The molecular formula is C24H21FN2O2. The highest BCUT2D eigenvalue weighted by Gasteiger charge is 2.19. The van der Waals surface area contributed by atoms with E-state index in [1.807, 2.05) is 42.5 Å². The second kappa shape index (κ2) is 9.63. The van der Waals surface area contributed by atoms with Gasteiger partial charge in [-0.2, -0.15) is 5.26 Å². The molecule has 1 atom stereocenters. The highest BCUT2D eigenvalue weighted by molar-refractivity contribution is 5.76. The minimum atomic E-state index is -0.538. The number of nitrogens with zero attached hydrogens (tertiary/aromatic N) is 1. The first kappa shape index (κ1) is 20.2. The lowest BCUT2D eigenvalue weighted by molar-refractivity contribution is -0.143. The van der Waals surface area contributed by atoms with Crippen LogP contribution >= 0.6 is 0 Å². The number of carbonyl (C=O) groups excluding carboxylic acids is 1. The molecule has 0 aliphatic carbocycles. The van der Waals surface area contributed by atoms with Crippen molar-refractivity contribution in [3.8, 4) is 17.2 Å². The Kier molecular flexibility index (Phi) is 6.72. The Morgan fingerprint density at radius 2 is 1.69 bits per heavy atom. The average molecular weight is 388 g/mol. The van der Waals surface area contributed by atoms with Crippen LogP contribution < -0.4 is 5.32 Å². The molecule has 3 aromatic rings. The molecule has 0 amide bonds. The summed E-state index contributed by atoms with van der Waals surface area (Å²) in [5.41, 5.74) is 4.32. The quantitative estimate of drug-likeness (QED) is 0.615. The average Bonchev–Trinajstić information content (AvgIpc) is 2.77. The van der Waals surface area contributed by atoms with Crippen LogP contribution in [0.3, 0.4) is 0 Å². The first-order valence-electron chi connectivity index (χ1n) is 9.25. The van der Waals surface area contributed by atoms with Gasteiger partial charge in [-0.15, -0.1) is 0 Å². The molecular weight excluding hydrogens is 367 g/mol. The van der Waals surface area contributed by atoms with E-state index in [0.717, 1.165) is 22.3 Å². The Bertz CT molecular complexity index is 1010. The molecule has 0 aromatic heterocycles. The van der Waals surface area contributed by atoms with E-state index in [-0.39, 0.29) is 11.8 Å². The molecule has 4 nitrogen and oxygen atoms in total. The number of esters is 1. The van der Waals surface area contributed by atoms with Crippen LogP contribution in [0.5, 0.6) is 0 Å². The van der Waals surface area contributed by atoms with Gasteiger partial charge in [0.2, 0.25) is 0 Å². The number of nitrogens with one attached hydrogen (secondary N) is 1. The number of carbonyl (C=O) groups is 1. The number of hydrogen-bond donors (Lipinski definition) is 1. The van der Waals surface area contributed by atoms with Crippen LogP contribution in [0.15, 0.2) is 72.8 Å². The van der Waals surface area contributed by atoms with Crippen molar-refractivity contribution in [2.45, 2.75) is 19.0 Å². The maximum Gasteiger partial charge on any atom is 0.323 e. The molecule has 0 saturated heterocycles. The lowest BCUT2D eigenvalue weighted by atomic mass is 9.99. The summed E-state index contributed by atoms with van der Waals surface area (Å²) in [4.78, 5) is 12.1. The summed E-state index contributed by atoms with van der Waals surface area (Å²) in [6, 6.07) is 23.0. The fourth-order valence-electron chi connectivity index (χ4n) is 3.11. The molecule has 0 aliphatic rings. The van der Waals surface area contributed by atoms with E-state index in [1.165, 1.54) is 19.2 Å². The van der Waals surface area contributed by atoms with Crippen molar-refractivity contribution < 1.29 is 13.9 Å². The van der Waals surface area contributed by atoms with Gasteiger partial charge in [-0.25, -0.2) is 4.39 Å². The molecule has 0 radical (unpaired) electrons. The van der Waals surface area contributed by atoms with Crippen LogP contribution in [-0.2, 0) is 22.5 Å². The van der Waals surface area contributed by atoms with Crippen molar-refractivity contribution >= 4 is 5.97 Å². The van der Waals surface area contributed by atoms with Crippen LogP contribution in [0.25, 0.3) is 11.1 Å². The Hall–Kier alpha value is -3.49. The first-order valence-corrected chi connectivity index (χ1v) is 9.25. The van der Waals surface area contributed by atoms with Gasteiger partial charge in [-0.05, 0) is 46.9 Å². The maximum atomic E-state index is 13.1. The fourth-order valence-corrected chi connectivity index (χ4v) is 3.11. The van der Waals surface area contributed by atoms with E-state index in [0.29, 0.717) is 18.5 Å². The molecule has 0 bridgehead atoms. The predicted molar refractivity (Wildman–Crippen MR) is 109 cm³/mol. The summed E-state index contributed by atoms with van der Waals surface area (Å²) in [5.74, 6) is -0.678. The molecule has 0 heterocycles. The van der Waals surface area contributed by atoms with E-state index in [9.17, 15) is 14.4 Å².